The summed E-state index contributed by atoms with van der Waals surface area (Å²) in [6.45, 7) is -1.10. The maximum absolute atomic E-state index is 12.2. The molecule has 2 rings (SSSR count). The Morgan fingerprint density at radius 2 is 2.07 bits per heavy atom. The van der Waals surface area contributed by atoms with Crippen molar-refractivity contribution in [2.45, 2.75) is 12.7 Å². The fourth-order valence-electron chi connectivity index (χ4n) is 1.30. The molecule has 0 spiro atoms. The van der Waals surface area contributed by atoms with Crippen LogP contribution < -0.4 is 0 Å². The molecule has 0 fully saturated rings. The molecule has 0 saturated heterocycles. The third-order valence-electron chi connectivity index (χ3n) is 1.83. The predicted octanol–water partition coefficient (Wildman–Crippen LogP) is 2.65. The number of hydrogen-bond acceptors (Lipinski definition) is 2. The molecular weight excluding hydrogens is 231 g/mol. The van der Waals surface area contributed by atoms with E-state index in [0.29, 0.717) is 5.52 Å². The number of aromatic nitrogens is 3. The molecule has 3 nitrogen and oxygen atoms in total. The van der Waals surface area contributed by atoms with E-state index in [1.807, 2.05) is 0 Å². The quantitative estimate of drug-likeness (QED) is 0.761. The fourth-order valence-corrected chi connectivity index (χ4v) is 1.56. The lowest BCUT2D eigenvalue weighted by Crippen LogP contribution is -2.16. The molecule has 0 saturated carbocycles. The van der Waals surface area contributed by atoms with Crippen molar-refractivity contribution in [1.82, 2.24) is 14.5 Å². The summed E-state index contributed by atoms with van der Waals surface area (Å²) in [5, 5.41) is 0.161. The molecule has 0 atom stereocenters. The van der Waals surface area contributed by atoms with Gasteiger partial charge in [-0.3, -0.25) is 4.98 Å². The standard InChI is InChI=1S/C8H5ClF3N3/c9-5-1-13-2-6-7(5)15(4-14-6)3-8(10,11)12/h1-2,4H,3H2. The number of rotatable bonds is 1. The first-order chi connectivity index (χ1) is 6.97. The van der Waals surface area contributed by atoms with Crippen LogP contribution in [0.25, 0.3) is 11.0 Å². The van der Waals surface area contributed by atoms with Crippen molar-refractivity contribution in [3.8, 4) is 0 Å². The molecule has 0 aliphatic rings. The zero-order valence-electron chi connectivity index (χ0n) is 7.29. The van der Waals surface area contributed by atoms with E-state index in [1.165, 1.54) is 12.4 Å². The molecule has 2 aromatic heterocycles. The second-order valence-electron chi connectivity index (χ2n) is 2.98. The Morgan fingerprint density at radius 1 is 1.33 bits per heavy atom. The van der Waals surface area contributed by atoms with Crippen LogP contribution in [-0.2, 0) is 6.54 Å². The van der Waals surface area contributed by atoms with Gasteiger partial charge < -0.3 is 4.57 Å². The van der Waals surface area contributed by atoms with Gasteiger partial charge in [0.05, 0.1) is 23.1 Å². The van der Waals surface area contributed by atoms with Gasteiger partial charge in [0.2, 0.25) is 0 Å². The summed E-state index contributed by atoms with van der Waals surface area (Å²) in [6.07, 6.45) is -0.529. The Labute approximate surface area is 87.5 Å². The Kier molecular flexibility index (Phi) is 2.30. The lowest BCUT2D eigenvalue weighted by atomic mass is 10.4. The molecule has 0 radical (unpaired) electrons. The normalized spacial score (nSPS) is 12.3. The minimum absolute atomic E-state index is 0.161. The van der Waals surface area contributed by atoms with Gasteiger partial charge >= 0.3 is 6.18 Å². The largest absolute Gasteiger partial charge is 0.406 e. The fraction of sp³-hybridized carbons (Fsp3) is 0.250. The van der Waals surface area contributed by atoms with Crippen LogP contribution in [0.3, 0.4) is 0 Å². The molecule has 0 unspecified atom stereocenters. The van der Waals surface area contributed by atoms with Gasteiger partial charge in [0.1, 0.15) is 12.1 Å². The molecule has 2 heterocycles. The van der Waals surface area contributed by atoms with Gasteiger partial charge in [-0.05, 0) is 0 Å². The number of alkyl halides is 3. The molecule has 80 valence electrons. The van der Waals surface area contributed by atoms with Crippen molar-refractivity contribution >= 4 is 22.6 Å². The van der Waals surface area contributed by atoms with Crippen molar-refractivity contribution in [3.63, 3.8) is 0 Å². The highest BCUT2D eigenvalue weighted by Gasteiger charge is 2.28. The van der Waals surface area contributed by atoms with Crippen molar-refractivity contribution in [3.05, 3.63) is 23.7 Å². The van der Waals surface area contributed by atoms with Crippen LogP contribution in [-0.4, -0.2) is 20.7 Å². The Morgan fingerprint density at radius 3 is 2.73 bits per heavy atom. The minimum Gasteiger partial charge on any atom is -0.320 e. The van der Waals surface area contributed by atoms with E-state index < -0.39 is 12.7 Å². The number of nitrogens with zero attached hydrogens (tertiary/aromatic N) is 3. The first kappa shape index (κ1) is 10.2. The highest BCUT2D eigenvalue weighted by molar-refractivity contribution is 6.34. The van der Waals surface area contributed by atoms with Crippen LogP contribution >= 0.6 is 11.6 Å². The highest BCUT2D eigenvalue weighted by atomic mass is 35.5. The predicted molar refractivity (Wildman–Crippen MR) is 48.6 cm³/mol. The lowest BCUT2D eigenvalue weighted by molar-refractivity contribution is -0.139. The Balaban J connectivity index is 2.53. The van der Waals surface area contributed by atoms with Gasteiger partial charge in [-0.25, -0.2) is 4.98 Å². The smallest absolute Gasteiger partial charge is 0.320 e. The van der Waals surface area contributed by atoms with Crippen molar-refractivity contribution in [2.75, 3.05) is 0 Å². The van der Waals surface area contributed by atoms with Gasteiger partial charge in [0.15, 0.2) is 0 Å². The molecule has 0 aromatic carbocycles. The number of fused-ring (bicyclic) bond motifs is 1. The monoisotopic (exact) mass is 235 g/mol. The molecule has 7 heteroatoms. The van der Waals surface area contributed by atoms with Crippen LogP contribution in [0.4, 0.5) is 13.2 Å². The first-order valence-electron chi connectivity index (χ1n) is 3.98. The summed E-state index contributed by atoms with van der Waals surface area (Å²) in [4.78, 5) is 7.51. The summed E-state index contributed by atoms with van der Waals surface area (Å²) >= 11 is 5.74. The van der Waals surface area contributed by atoms with Crippen LogP contribution in [0.1, 0.15) is 0 Å². The minimum atomic E-state index is -4.29. The number of halogens is 4. The number of pyridine rings is 1. The summed E-state index contributed by atoms with van der Waals surface area (Å²) in [5.74, 6) is 0. The SMILES string of the molecule is FC(F)(F)Cn1cnc2cncc(Cl)c21. The molecule has 0 aliphatic carbocycles. The van der Waals surface area contributed by atoms with Crippen molar-refractivity contribution in [1.29, 1.82) is 0 Å². The van der Waals surface area contributed by atoms with Crippen LogP contribution in [0.15, 0.2) is 18.7 Å². The van der Waals surface area contributed by atoms with E-state index in [2.05, 4.69) is 9.97 Å². The zero-order chi connectivity index (χ0) is 11.1. The average molecular weight is 236 g/mol. The third kappa shape index (κ3) is 2.04. The molecule has 0 N–H and O–H groups in total. The van der Waals surface area contributed by atoms with Gasteiger partial charge in [0.25, 0.3) is 0 Å². The second kappa shape index (κ2) is 3.37. The molecule has 2 aromatic rings. The van der Waals surface area contributed by atoms with E-state index in [4.69, 9.17) is 11.6 Å². The van der Waals surface area contributed by atoms with E-state index >= 15 is 0 Å². The Hall–Kier alpha value is -1.30. The zero-order valence-corrected chi connectivity index (χ0v) is 8.05. The van der Waals surface area contributed by atoms with Crippen LogP contribution in [0.5, 0.6) is 0 Å². The van der Waals surface area contributed by atoms with Crippen LogP contribution in [0, 0.1) is 0 Å². The molecule has 0 bridgehead atoms. The van der Waals surface area contributed by atoms with Crippen LogP contribution in [0.2, 0.25) is 5.02 Å². The van der Waals surface area contributed by atoms with Gasteiger partial charge in [-0.2, -0.15) is 13.2 Å². The molecule has 0 aliphatic heterocycles. The maximum Gasteiger partial charge on any atom is 0.406 e. The van der Waals surface area contributed by atoms with E-state index in [0.717, 1.165) is 10.9 Å². The van der Waals surface area contributed by atoms with E-state index in [9.17, 15) is 13.2 Å². The van der Waals surface area contributed by atoms with Gasteiger partial charge in [-0.15, -0.1) is 0 Å². The summed E-state index contributed by atoms with van der Waals surface area (Å²) in [6, 6.07) is 0. The van der Waals surface area contributed by atoms with E-state index in [1.54, 1.807) is 0 Å². The number of imidazole rings is 1. The number of hydrogen-bond donors (Lipinski definition) is 0. The highest BCUT2D eigenvalue weighted by Crippen LogP contribution is 2.25. The summed E-state index contributed by atoms with van der Waals surface area (Å²) in [5.41, 5.74) is 0.607. The third-order valence-corrected chi connectivity index (χ3v) is 2.10. The van der Waals surface area contributed by atoms with Gasteiger partial charge in [0, 0.05) is 6.20 Å². The molecule has 15 heavy (non-hydrogen) atoms. The van der Waals surface area contributed by atoms with Gasteiger partial charge in [-0.1, -0.05) is 11.6 Å². The Bertz CT molecular complexity index is 491. The summed E-state index contributed by atoms with van der Waals surface area (Å²) in [7, 11) is 0. The maximum atomic E-state index is 12.2. The summed E-state index contributed by atoms with van der Waals surface area (Å²) < 4.78 is 37.5. The van der Waals surface area contributed by atoms with Crippen molar-refractivity contribution in [2.24, 2.45) is 0 Å². The molecular formula is C8H5ClF3N3. The average Bonchev–Trinajstić information content (AvgIpc) is 2.47. The second-order valence-corrected chi connectivity index (χ2v) is 3.38. The first-order valence-corrected chi connectivity index (χ1v) is 4.36. The van der Waals surface area contributed by atoms with E-state index in [-0.39, 0.29) is 10.5 Å². The van der Waals surface area contributed by atoms with Crippen molar-refractivity contribution < 1.29 is 13.2 Å². The molecule has 0 amide bonds. The topological polar surface area (TPSA) is 30.7 Å². The lowest BCUT2D eigenvalue weighted by Gasteiger charge is -2.08.